The first-order valence-electron chi connectivity index (χ1n) is 9.41. The summed E-state index contributed by atoms with van der Waals surface area (Å²) < 4.78 is 11.0. The van der Waals surface area contributed by atoms with Crippen molar-refractivity contribution in [1.29, 1.82) is 0 Å². The fourth-order valence-corrected chi connectivity index (χ4v) is 2.97. The second-order valence-electron chi connectivity index (χ2n) is 6.51. The van der Waals surface area contributed by atoms with Gasteiger partial charge in [-0.05, 0) is 47.9 Å². The van der Waals surface area contributed by atoms with Crippen LogP contribution in [-0.4, -0.2) is 13.0 Å². The number of carbonyl (C=O) groups is 1. The molecule has 0 spiro atoms. The van der Waals surface area contributed by atoms with Crippen LogP contribution in [-0.2, 0) is 6.61 Å². The number of nitrogens with one attached hydrogen (secondary N) is 1. The highest BCUT2D eigenvalue weighted by Crippen LogP contribution is 2.21. The van der Waals surface area contributed by atoms with Crippen molar-refractivity contribution in [3.63, 3.8) is 0 Å². The summed E-state index contributed by atoms with van der Waals surface area (Å²) in [6.45, 7) is 2.52. The van der Waals surface area contributed by atoms with Crippen LogP contribution in [0.1, 0.15) is 40.9 Å². The molecule has 0 aliphatic heterocycles. The third-order valence-corrected chi connectivity index (χ3v) is 4.58. The molecule has 0 aliphatic carbocycles. The fourth-order valence-electron chi connectivity index (χ4n) is 2.97. The summed E-state index contributed by atoms with van der Waals surface area (Å²) in [6, 6.07) is 24.9. The molecule has 1 unspecified atom stereocenters. The smallest absolute Gasteiger partial charge is 0.251 e. The SMILES string of the molecule is CCC(NC(=O)c1cccc(OCc2ccccc2)c1)c1ccc(OC)cc1. The van der Waals surface area contributed by atoms with Crippen molar-refractivity contribution in [1.82, 2.24) is 5.32 Å². The quantitative estimate of drug-likeness (QED) is 0.592. The van der Waals surface area contributed by atoms with E-state index in [1.165, 1.54) is 0 Å². The minimum absolute atomic E-state index is 0.0627. The van der Waals surface area contributed by atoms with E-state index in [1.807, 2.05) is 66.7 Å². The lowest BCUT2D eigenvalue weighted by molar-refractivity contribution is 0.0935. The molecule has 1 atom stereocenters. The summed E-state index contributed by atoms with van der Waals surface area (Å²) in [6.07, 6.45) is 0.794. The van der Waals surface area contributed by atoms with Gasteiger partial charge in [0.05, 0.1) is 13.2 Å². The molecule has 3 rings (SSSR count). The van der Waals surface area contributed by atoms with Crippen LogP contribution < -0.4 is 14.8 Å². The highest BCUT2D eigenvalue weighted by atomic mass is 16.5. The van der Waals surface area contributed by atoms with Gasteiger partial charge in [0.25, 0.3) is 5.91 Å². The largest absolute Gasteiger partial charge is 0.497 e. The highest BCUT2D eigenvalue weighted by molar-refractivity contribution is 5.94. The second-order valence-corrected chi connectivity index (χ2v) is 6.51. The van der Waals surface area contributed by atoms with Crippen LogP contribution in [0, 0.1) is 0 Å². The molecule has 0 bridgehead atoms. The number of hydrogen-bond acceptors (Lipinski definition) is 3. The second kappa shape index (κ2) is 9.60. The monoisotopic (exact) mass is 375 g/mol. The van der Waals surface area contributed by atoms with E-state index in [1.54, 1.807) is 19.2 Å². The van der Waals surface area contributed by atoms with Crippen LogP contribution in [0.5, 0.6) is 11.5 Å². The lowest BCUT2D eigenvalue weighted by Crippen LogP contribution is -2.28. The maximum atomic E-state index is 12.7. The van der Waals surface area contributed by atoms with E-state index in [9.17, 15) is 4.79 Å². The van der Waals surface area contributed by atoms with E-state index in [0.717, 1.165) is 23.3 Å². The summed E-state index contributed by atoms with van der Waals surface area (Å²) in [7, 11) is 1.64. The number of methoxy groups -OCH3 is 1. The Morgan fingerprint density at radius 2 is 1.68 bits per heavy atom. The van der Waals surface area contributed by atoms with Crippen molar-refractivity contribution < 1.29 is 14.3 Å². The molecule has 0 saturated heterocycles. The average Bonchev–Trinajstić information content (AvgIpc) is 2.77. The Hall–Kier alpha value is -3.27. The molecule has 4 heteroatoms. The van der Waals surface area contributed by atoms with Gasteiger partial charge < -0.3 is 14.8 Å². The van der Waals surface area contributed by atoms with Gasteiger partial charge in [-0.15, -0.1) is 0 Å². The van der Waals surface area contributed by atoms with E-state index in [2.05, 4.69) is 12.2 Å². The Kier molecular flexibility index (Phi) is 6.68. The molecule has 0 fully saturated rings. The summed E-state index contributed by atoms with van der Waals surface area (Å²) in [5, 5.41) is 3.10. The first kappa shape index (κ1) is 19.5. The van der Waals surface area contributed by atoms with Crippen LogP contribution in [0.4, 0.5) is 0 Å². The molecule has 3 aromatic rings. The van der Waals surface area contributed by atoms with Crippen LogP contribution >= 0.6 is 0 Å². The number of ether oxygens (including phenoxy) is 2. The molecule has 144 valence electrons. The van der Waals surface area contributed by atoms with Crippen LogP contribution in [0.2, 0.25) is 0 Å². The first-order chi connectivity index (χ1) is 13.7. The Bertz CT molecular complexity index is 891. The van der Waals surface area contributed by atoms with E-state index in [-0.39, 0.29) is 11.9 Å². The van der Waals surface area contributed by atoms with Crippen molar-refractivity contribution in [2.24, 2.45) is 0 Å². The lowest BCUT2D eigenvalue weighted by Gasteiger charge is -2.18. The minimum Gasteiger partial charge on any atom is -0.497 e. The van der Waals surface area contributed by atoms with Gasteiger partial charge in [0.15, 0.2) is 0 Å². The van der Waals surface area contributed by atoms with Gasteiger partial charge in [-0.3, -0.25) is 4.79 Å². The molecule has 28 heavy (non-hydrogen) atoms. The predicted molar refractivity (Wildman–Crippen MR) is 111 cm³/mol. The van der Waals surface area contributed by atoms with Gasteiger partial charge in [0.2, 0.25) is 0 Å². The van der Waals surface area contributed by atoms with Gasteiger partial charge in [0, 0.05) is 5.56 Å². The topological polar surface area (TPSA) is 47.6 Å². The number of amides is 1. The molecule has 0 saturated carbocycles. The first-order valence-corrected chi connectivity index (χ1v) is 9.41. The van der Waals surface area contributed by atoms with Gasteiger partial charge in [-0.25, -0.2) is 0 Å². The predicted octanol–water partition coefficient (Wildman–Crippen LogP) is 5.16. The van der Waals surface area contributed by atoms with Crippen molar-refractivity contribution in [2.75, 3.05) is 7.11 Å². The number of rotatable bonds is 8. The van der Waals surface area contributed by atoms with Gasteiger partial charge in [-0.1, -0.05) is 55.5 Å². The zero-order valence-electron chi connectivity index (χ0n) is 16.2. The van der Waals surface area contributed by atoms with Crippen molar-refractivity contribution >= 4 is 5.91 Å². The van der Waals surface area contributed by atoms with Crippen molar-refractivity contribution in [3.8, 4) is 11.5 Å². The van der Waals surface area contributed by atoms with Crippen LogP contribution in [0.3, 0.4) is 0 Å². The molecule has 0 aliphatic rings. The Balaban J connectivity index is 1.65. The Labute approximate surface area is 166 Å². The number of hydrogen-bond donors (Lipinski definition) is 1. The standard InChI is InChI=1S/C24H25NO3/c1-3-23(19-12-14-21(27-2)15-13-19)25-24(26)20-10-7-11-22(16-20)28-17-18-8-5-4-6-9-18/h4-16,23H,3,17H2,1-2H3,(H,25,26). The fraction of sp³-hybridized carbons (Fsp3) is 0.208. The van der Waals surface area contributed by atoms with Gasteiger partial charge in [-0.2, -0.15) is 0 Å². The molecule has 4 nitrogen and oxygen atoms in total. The summed E-state index contributed by atoms with van der Waals surface area (Å²) in [4.78, 5) is 12.7. The zero-order valence-corrected chi connectivity index (χ0v) is 16.2. The van der Waals surface area contributed by atoms with E-state index >= 15 is 0 Å². The molecule has 1 N–H and O–H groups in total. The summed E-state index contributed by atoms with van der Waals surface area (Å²) >= 11 is 0. The lowest BCUT2D eigenvalue weighted by atomic mass is 10.0. The molecule has 1 amide bonds. The third-order valence-electron chi connectivity index (χ3n) is 4.58. The van der Waals surface area contributed by atoms with Crippen molar-refractivity contribution in [3.05, 3.63) is 95.6 Å². The summed E-state index contributed by atoms with van der Waals surface area (Å²) in [5.74, 6) is 1.36. The van der Waals surface area contributed by atoms with Crippen LogP contribution in [0.15, 0.2) is 78.9 Å². The zero-order chi connectivity index (χ0) is 19.8. The number of benzene rings is 3. The highest BCUT2D eigenvalue weighted by Gasteiger charge is 2.15. The van der Waals surface area contributed by atoms with E-state index in [0.29, 0.717) is 17.9 Å². The normalized spacial score (nSPS) is 11.5. The van der Waals surface area contributed by atoms with E-state index in [4.69, 9.17) is 9.47 Å². The summed E-state index contributed by atoms with van der Waals surface area (Å²) in [5.41, 5.74) is 2.72. The molecular weight excluding hydrogens is 350 g/mol. The van der Waals surface area contributed by atoms with Gasteiger partial charge >= 0.3 is 0 Å². The van der Waals surface area contributed by atoms with Crippen molar-refractivity contribution in [2.45, 2.75) is 26.0 Å². The molecule has 3 aromatic carbocycles. The number of carbonyl (C=O) groups excluding carboxylic acids is 1. The molecule has 0 radical (unpaired) electrons. The Morgan fingerprint density at radius 1 is 0.929 bits per heavy atom. The van der Waals surface area contributed by atoms with Gasteiger partial charge in [0.1, 0.15) is 18.1 Å². The average molecular weight is 375 g/mol. The maximum absolute atomic E-state index is 12.7. The molecule has 0 aromatic heterocycles. The molecular formula is C24H25NO3. The minimum atomic E-state index is -0.118. The third kappa shape index (κ3) is 5.13. The molecule has 0 heterocycles. The Morgan fingerprint density at radius 3 is 2.36 bits per heavy atom. The maximum Gasteiger partial charge on any atom is 0.251 e. The van der Waals surface area contributed by atoms with Crippen LogP contribution in [0.25, 0.3) is 0 Å². The van der Waals surface area contributed by atoms with E-state index < -0.39 is 0 Å².